The molecule has 1 aliphatic carbocycles. The van der Waals surface area contributed by atoms with Crippen LogP contribution < -0.4 is 9.80 Å². The summed E-state index contributed by atoms with van der Waals surface area (Å²) in [6, 6.07) is 13.0. The van der Waals surface area contributed by atoms with Crippen LogP contribution in [0, 0.1) is 0 Å². The second kappa shape index (κ2) is 7.52. The summed E-state index contributed by atoms with van der Waals surface area (Å²) in [5.41, 5.74) is 4.20. The van der Waals surface area contributed by atoms with Crippen LogP contribution in [0.15, 0.2) is 42.6 Å². The molecule has 0 unspecified atom stereocenters. The van der Waals surface area contributed by atoms with E-state index in [-0.39, 0.29) is 0 Å². The zero-order valence-corrected chi connectivity index (χ0v) is 18.5. The summed E-state index contributed by atoms with van der Waals surface area (Å²) in [6.07, 6.45) is 7.03. The molecule has 4 heterocycles. The van der Waals surface area contributed by atoms with Crippen LogP contribution >= 0.6 is 0 Å². The predicted molar refractivity (Wildman–Crippen MR) is 126 cm³/mol. The molecular formula is C25H32N6. The average molecular weight is 417 g/mol. The molecule has 1 aromatic carbocycles. The van der Waals surface area contributed by atoms with Gasteiger partial charge in [0.1, 0.15) is 11.6 Å². The SMILES string of the molecule is CC1(N2CCc3nc4ccc(N5CCN(c6ccccn6)CC5)cc4n3CC2)CCC1. The van der Waals surface area contributed by atoms with Gasteiger partial charge in [-0.15, -0.1) is 0 Å². The van der Waals surface area contributed by atoms with Crippen molar-refractivity contribution in [2.24, 2.45) is 0 Å². The van der Waals surface area contributed by atoms with Crippen molar-refractivity contribution >= 4 is 22.5 Å². The highest BCUT2D eigenvalue weighted by molar-refractivity contribution is 5.80. The summed E-state index contributed by atoms with van der Waals surface area (Å²) in [4.78, 5) is 17.1. The van der Waals surface area contributed by atoms with E-state index in [9.17, 15) is 0 Å². The maximum atomic E-state index is 5.01. The average Bonchev–Trinajstić information content (AvgIpc) is 3.01. The van der Waals surface area contributed by atoms with Crippen LogP contribution in [-0.2, 0) is 13.0 Å². The van der Waals surface area contributed by atoms with Gasteiger partial charge in [-0.1, -0.05) is 6.07 Å². The number of piperazine rings is 1. The van der Waals surface area contributed by atoms with Gasteiger partial charge < -0.3 is 14.4 Å². The van der Waals surface area contributed by atoms with E-state index in [0.717, 1.165) is 63.6 Å². The van der Waals surface area contributed by atoms with E-state index >= 15 is 0 Å². The van der Waals surface area contributed by atoms with Crippen molar-refractivity contribution in [1.82, 2.24) is 19.4 Å². The Labute approximate surface area is 184 Å². The number of benzene rings is 1. The quantitative estimate of drug-likeness (QED) is 0.653. The summed E-state index contributed by atoms with van der Waals surface area (Å²) in [5, 5.41) is 0. The van der Waals surface area contributed by atoms with E-state index in [0.29, 0.717) is 5.54 Å². The molecular weight excluding hydrogens is 384 g/mol. The highest BCUT2D eigenvalue weighted by Gasteiger charge is 2.38. The second-order valence-corrected chi connectivity index (χ2v) is 9.60. The van der Waals surface area contributed by atoms with Crippen LogP contribution in [0.1, 0.15) is 32.0 Å². The summed E-state index contributed by atoms with van der Waals surface area (Å²) < 4.78 is 2.49. The molecule has 0 radical (unpaired) electrons. The molecule has 6 nitrogen and oxygen atoms in total. The van der Waals surface area contributed by atoms with Crippen LogP contribution in [0.2, 0.25) is 0 Å². The summed E-state index contributed by atoms with van der Waals surface area (Å²) >= 11 is 0. The first-order valence-electron chi connectivity index (χ1n) is 11.8. The van der Waals surface area contributed by atoms with E-state index in [1.807, 2.05) is 12.3 Å². The van der Waals surface area contributed by atoms with Crippen molar-refractivity contribution in [3.8, 4) is 0 Å². The maximum absolute atomic E-state index is 5.01. The lowest BCUT2D eigenvalue weighted by atomic mass is 9.77. The monoisotopic (exact) mass is 416 g/mol. The minimum Gasteiger partial charge on any atom is -0.368 e. The molecule has 31 heavy (non-hydrogen) atoms. The normalized spacial score (nSPS) is 21.6. The van der Waals surface area contributed by atoms with Gasteiger partial charge in [-0.2, -0.15) is 0 Å². The molecule has 6 heteroatoms. The van der Waals surface area contributed by atoms with Crippen molar-refractivity contribution in [3.63, 3.8) is 0 Å². The topological polar surface area (TPSA) is 40.4 Å². The van der Waals surface area contributed by atoms with E-state index < -0.39 is 0 Å². The molecule has 0 bridgehead atoms. The largest absolute Gasteiger partial charge is 0.368 e. The van der Waals surface area contributed by atoms with Crippen molar-refractivity contribution in [2.75, 3.05) is 49.1 Å². The van der Waals surface area contributed by atoms with E-state index in [1.165, 1.54) is 36.3 Å². The zero-order chi connectivity index (χ0) is 20.8. The van der Waals surface area contributed by atoms with Crippen molar-refractivity contribution in [1.29, 1.82) is 0 Å². The fourth-order valence-electron chi connectivity index (χ4n) is 5.64. The van der Waals surface area contributed by atoms with Crippen molar-refractivity contribution in [2.45, 2.75) is 44.7 Å². The molecule has 1 saturated carbocycles. The van der Waals surface area contributed by atoms with Gasteiger partial charge in [-0.25, -0.2) is 9.97 Å². The Morgan fingerprint density at radius 2 is 1.71 bits per heavy atom. The second-order valence-electron chi connectivity index (χ2n) is 9.60. The molecule has 2 aliphatic heterocycles. The number of pyridine rings is 1. The number of hydrogen-bond acceptors (Lipinski definition) is 5. The Hall–Kier alpha value is -2.60. The molecule has 2 aromatic heterocycles. The van der Waals surface area contributed by atoms with Crippen LogP contribution in [0.3, 0.4) is 0 Å². The fraction of sp³-hybridized carbons (Fsp3) is 0.520. The first kappa shape index (κ1) is 19.1. The van der Waals surface area contributed by atoms with Gasteiger partial charge in [-0.3, -0.25) is 4.90 Å². The third-order valence-electron chi connectivity index (χ3n) is 7.82. The molecule has 3 aromatic rings. The highest BCUT2D eigenvalue weighted by Crippen LogP contribution is 2.38. The zero-order valence-electron chi connectivity index (χ0n) is 18.5. The molecule has 0 atom stereocenters. The van der Waals surface area contributed by atoms with Gasteiger partial charge in [0.05, 0.1) is 11.0 Å². The lowest BCUT2D eigenvalue weighted by Gasteiger charge is -2.47. The molecule has 6 rings (SSSR count). The third-order valence-corrected chi connectivity index (χ3v) is 7.82. The number of rotatable bonds is 3. The summed E-state index contributed by atoms with van der Waals surface area (Å²) in [7, 11) is 0. The number of hydrogen-bond donors (Lipinski definition) is 0. The minimum atomic E-state index is 0.429. The minimum absolute atomic E-state index is 0.429. The number of fused-ring (bicyclic) bond motifs is 3. The van der Waals surface area contributed by atoms with Gasteiger partial charge in [-0.05, 0) is 56.5 Å². The first-order valence-corrected chi connectivity index (χ1v) is 11.8. The number of aromatic nitrogens is 3. The smallest absolute Gasteiger partial charge is 0.128 e. The Bertz CT molecular complexity index is 1060. The van der Waals surface area contributed by atoms with Crippen LogP contribution in [0.4, 0.5) is 11.5 Å². The molecule has 0 N–H and O–H groups in total. The molecule has 0 amide bonds. The van der Waals surface area contributed by atoms with Gasteiger partial charge in [0.25, 0.3) is 0 Å². The first-order chi connectivity index (χ1) is 15.2. The lowest BCUT2D eigenvalue weighted by Crippen LogP contribution is -2.52. The van der Waals surface area contributed by atoms with Gasteiger partial charge >= 0.3 is 0 Å². The molecule has 3 aliphatic rings. The summed E-state index contributed by atoms with van der Waals surface area (Å²) in [6.45, 7) is 9.85. The van der Waals surface area contributed by atoms with Gasteiger partial charge in [0, 0.05) is 69.7 Å². The molecule has 162 valence electrons. The molecule has 0 spiro atoms. The van der Waals surface area contributed by atoms with Crippen LogP contribution in [-0.4, -0.2) is 64.2 Å². The Balaban J connectivity index is 1.20. The summed E-state index contributed by atoms with van der Waals surface area (Å²) in [5.74, 6) is 2.35. The predicted octanol–water partition coefficient (Wildman–Crippen LogP) is 3.56. The number of nitrogens with zero attached hydrogens (tertiary/aromatic N) is 6. The van der Waals surface area contributed by atoms with Crippen LogP contribution in [0.5, 0.6) is 0 Å². The van der Waals surface area contributed by atoms with Crippen molar-refractivity contribution < 1.29 is 0 Å². The van der Waals surface area contributed by atoms with Gasteiger partial charge in [0.15, 0.2) is 0 Å². The van der Waals surface area contributed by atoms with Crippen LogP contribution in [0.25, 0.3) is 11.0 Å². The Morgan fingerprint density at radius 1 is 0.871 bits per heavy atom. The highest BCUT2D eigenvalue weighted by atomic mass is 15.3. The van der Waals surface area contributed by atoms with E-state index in [4.69, 9.17) is 4.98 Å². The number of anilines is 2. The fourth-order valence-corrected chi connectivity index (χ4v) is 5.64. The maximum Gasteiger partial charge on any atom is 0.128 e. The Morgan fingerprint density at radius 3 is 2.45 bits per heavy atom. The lowest BCUT2D eigenvalue weighted by molar-refractivity contribution is 0.0341. The molecule has 2 fully saturated rings. The third kappa shape index (κ3) is 3.37. The van der Waals surface area contributed by atoms with E-state index in [1.54, 1.807) is 0 Å². The standard InChI is InChI=1S/C25H32N6/c1-25(9-4-10-25)30-12-8-24-27-21-7-6-20(19-22(21)31(24)18-17-30)28-13-15-29(16-14-28)23-5-2-3-11-26-23/h2-3,5-7,11,19H,4,8-10,12-18H2,1H3. The van der Waals surface area contributed by atoms with Crippen molar-refractivity contribution in [3.05, 3.63) is 48.4 Å². The van der Waals surface area contributed by atoms with E-state index in [2.05, 4.69) is 61.5 Å². The molecule has 1 saturated heterocycles. The Kier molecular flexibility index (Phi) is 4.64. The number of imidazole rings is 1. The van der Waals surface area contributed by atoms with Gasteiger partial charge in [0.2, 0.25) is 0 Å².